The number of hydrogen-bond acceptors (Lipinski definition) is 2. The van der Waals surface area contributed by atoms with Gasteiger partial charge in [0.1, 0.15) is 0 Å². The number of nitrogens with zero attached hydrogens (tertiary/aromatic N) is 1. The zero-order chi connectivity index (χ0) is 14.0. The van der Waals surface area contributed by atoms with Crippen LogP contribution in [-0.2, 0) is 10.0 Å². The zero-order valence-corrected chi connectivity index (χ0v) is 12.2. The maximum absolute atomic E-state index is 12.5. The van der Waals surface area contributed by atoms with Gasteiger partial charge in [0.2, 0.25) is 0 Å². The predicted octanol–water partition coefficient (Wildman–Crippen LogP) is 3.47. The summed E-state index contributed by atoms with van der Waals surface area (Å²) in [6.45, 7) is 1.85. The maximum atomic E-state index is 12.5. The molecule has 0 saturated heterocycles. The Balaban J connectivity index is 2.50. The molecule has 0 saturated carbocycles. The summed E-state index contributed by atoms with van der Waals surface area (Å²) in [5.41, 5.74) is 1.43. The second-order valence-electron chi connectivity index (χ2n) is 4.22. The molecule has 0 amide bonds. The van der Waals surface area contributed by atoms with Crippen LogP contribution in [0, 0.1) is 6.92 Å². The molecule has 0 bridgehead atoms. The zero-order valence-electron chi connectivity index (χ0n) is 10.7. The molecular weight excluding hydrogens is 282 g/mol. The largest absolute Gasteiger partial charge is 0.269 e. The van der Waals surface area contributed by atoms with E-state index in [1.165, 1.54) is 11.4 Å². The van der Waals surface area contributed by atoms with E-state index in [0.29, 0.717) is 10.7 Å². The Morgan fingerprint density at radius 3 is 2.32 bits per heavy atom. The fraction of sp³-hybridized carbons (Fsp3) is 0.143. The van der Waals surface area contributed by atoms with Gasteiger partial charge in [-0.2, -0.15) is 0 Å². The molecule has 0 spiro atoms. The van der Waals surface area contributed by atoms with Gasteiger partial charge in [0.25, 0.3) is 10.0 Å². The van der Waals surface area contributed by atoms with Crippen LogP contribution in [0.3, 0.4) is 0 Å². The minimum Gasteiger partial charge on any atom is -0.269 e. The number of rotatable bonds is 3. The second kappa shape index (κ2) is 5.23. The summed E-state index contributed by atoms with van der Waals surface area (Å²) >= 11 is 5.94. The Morgan fingerprint density at radius 2 is 1.68 bits per heavy atom. The van der Waals surface area contributed by atoms with E-state index >= 15 is 0 Å². The Morgan fingerprint density at radius 1 is 1.05 bits per heavy atom. The molecule has 0 fully saturated rings. The summed E-state index contributed by atoms with van der Waals surface area (Å²) in [5.74, 6) is 0. The van der Waals surface area contributed by atoms with Crippen molar-refractivity contribution < 1.29 is 8.42 Å². The molecule has 0 atom stereocenters. The van der Waals surface area contributed by atoms with E-state index in [9.17, 15) is 8.42 Å². The highest BCUT2D eigenvalue weighted by molar-refractivity contribution is 7.92. The van der Waals surface area contributed by atoms with E-state index in [-0.39, 0.29) is 4.90 Å². The molecule has 0 aliphatic heterocycles. The normalized spacial score (nSPS) is 11.3. The highest BCUT2D eigenvalue weighted by atomic mass is 35.5. The van der Waals surface area contributed by atoms with Crippen LogP contribution in [0.2, 0.25) is 5.02 Å². The van der Waals surface area contributed by atoms with Crippen LogP contribution in [0.5, 0.6) is 0 Å². The van der Waals surface area contributed by atoms with Crippen LogP contribution >= 0.6 is 11.6 Å². The van der Waals surface area contributed by atoms with E-state index in [2.05, 4.69) is 0 Å². The molecule has 0 unspecified atom stereocenters. The Hall–Kier alpha value is -1.52. The Kier molecular flexibility index (Phi) is 3.83. The summed E-state index contributed by atoms with van der Waals surface area (Å²) in [4.78, 5) is 0.261. The standard InChI is InChI=1S/C14H14ClNO2S/c1-11-8-9-12(15)10-14(11)16(2)19(17,18)13-6-4-3-5-7-13/h3-10H,1-2H3. The predicted molar refractivity (Wildman–Crippen MR) is 78.2 cm³/mol. The molecule has 0 aliphatic rings. The molecule has 0 heterocycles. The first kappa shape index (κ1) is 13.9. The third kappa shape index (κ3) is 2.74. The molecule has 0 aliphatic carbocycles. The van der Waals surface area contributed by atoms with Gasteiger partial charge in [-0.15, -0.1) is 0 Å². The van der Waals surface area contributed by atoms with E-state index in [1.54, 1.807) is 48.5 Å². The highest BCUT2D eigenvalue weighted by Gasteiger charge is 2.22. The Bertz CT molecular complexity index is 684. The van der Waals surface area contributed by atoms with Gasteiger partial charge in [-0.1, -0.05) is 35.9 Å². The quantitative estimate of drug-likeness (QED) is 0.869. The molecule has 0 N–H and O–H groups in total. The summed E-state index contributed by atoms with van der Waals surface area (Å²) in [5, 5.41) is 0.510. The number of aryl methyl sites for hydroxylation is 1. The number of hydrogen-bond donors (Lipinski definition) is 0. The van der Waals surface area contributed by atoms with Crippen LogP contribution in [0.1, 0.15) is 5.56 Å². The summed E-state index contributed by atoms with van der Waals surface area (Å²) < 4.78 is 26.2. The van der Waals surface area contributed by atoms with Gasteiger partial charge >= 0.3 is 0 Å². The van der Waals surface area contributed by atoms with Crippen molar-refractivity contribution >= 4 is 27.3 Å². The number of anilines is 1. The SMILES string of the molecule is Cc1ccc(Cl)cc1N(C)S(=O)(=O)c1ccccc1. The second-order valence-corrected chi connectivity index (χ2v) is 6.62. The molecule has 2 aromatic rings. The van der Waals surface area contributed by atoms with Crippen molar-refractivity contribution in [1.29, 1.82) is 0 Å². The van der Waals surface area contributed by atoms with Crippen molar-refractivity contribution in [2.24, 2.45) is 0 Å². The van der Waals surface area contributed by atoms with Gasteiger partial charge in [0, 0.05) is 12.1 Å². The van der Waals surface area contributed by atoms with Crippen molar-refractivity contribution in [3.8, 4) is 0 Å². The average Bonchev–Trinajstić information content (AvgIpc) is 2.41. The fourth-order valence-electron chi connectivity index (χ4n) is 1.80. The van der Waals surface area contributed by atoms with Gasteiger partial charge in [0.15, 0.2) is 0 Å². The van der Waals surface area contributed by atoms with Crippen molar-refractivity contribution in [3.63, 3.8) is 0 Å². The third-order valence-corrected chi connectivity index (χ3v) is 4.93. The van der Waals surface area contributed by atoms with Crippen LogP contribution in [-0.4, -0.2) is 15.5 Å². The maximum Gasteiger partial charge on any atom is 0.264 e. The van der Waals surface area contributed by atoms with Crippen molar-refractivity contribution in [1.82, 2.24) is 0 Å². The average molecular weight is 296 g/mol. The van der Waals surface area contributed by atoms with Gasteiger partial charge in [-0.25, -0.2) is 8.42 Å². The first-order valence-electron chi connectivity index (χ1n) is 5.73. The number of benzene rings is 2. The lowest BCUT2D eigenvalue weighted by Crippen LogP contribution is -2.27. The molecule has 19 heavy (non-hydrogen) atoms. The molecule has 3 nitrogen and oxygen atoms in total. The molecule has 5 heteroatoms. The highest BCUT2D eigenvalue weighted by Crippen LogP contribution is 2.27. The van der Waals surface area contributed by atoms with Crippen LogP contribution < -0.4 is 4.31 Å². The van der Waals surface area contributed by atoms with Gasteiger partial charge < -0.3 is 0 Å². The monoisotopic (exact) mass is 295 g/mol. The van der Waals surface area contributed by atoms with E-state index < -0.39 is 10.0 Å². The van der Waals surface area contributed by atoms with Crippen molar-refractivity contribution in [3.05, 3.63) is 59.1 Å². The van der Waals surface area contributed by atoms with E-state index in [0.717, 1.165) is 5.56 Å². The van der Waals surface area contributed by atoms with Crippen LogP contribution in [0.4, 0.5) is 5.69 Å². The lowest BCUT2D eigenvalue weighted by molar-refractivity contribution is 0.594. The first-order valence-corrected chi connectivity index (χ1v) is 7.55. The molecule has 100 valence electrons. The van der Waals surface area contributed by atoms with Crippen LogP contribution in [0.25, 0.3) is 0 Å². The molecule has 2 aromatic carbocycles. The van der Waals surface area contributed by atoms with E-state index in [1.807, 2.05) is 6.92 Å². The van der Waals surface area contributed by atoms with E-state index in [4.69, 9.17) is 11.6 Å². The lowest BCUT2D eigenvalue weighted by atomic mass is 10.2. The molecule has 0 aromatic heterocycles. The van der Waals surface area contributed by atoms with Gasteiger partial charge in [-0.3, -0.25) is 4.31 Å². The van der Waals surface area contributed by atoms with Gasteiger partial charge in [-0.05, 0) is 36.8 Å². The van der Waals surface area contributed by atoms with Gasteiger partial charge in [0.05, 0.1) is 10.6 Å². The summed E-state index contributed by atoms with van der Waals surface area (Å²) in [7, 11) is -2.03. The summed E-state index contributed by atoms with van der Waals surface area (Å²) in [6.07, 6.45) is 0. The van der Waals surface area contributed by atoms with Crippen molar-refractivity contribution in [2.75, 3.05) is 11.4 Å². The molecule has 2 rings (SSSR count). The molecule has 0 radical (unpaired) electrons. The van der Waals surface area contributed by atoms with Crippen molar-refractivity contribution in [2.45, 2.75) is 11.8 Å². The number of sulfonamides is 1. The minimum atomic E-state index is -3.56. The lowest BCUT2D eigenvalue weighted by Gasteiger charge is -2.21. The van der Waals surface area contributed by atoms with Crippen LogP contribution in [0.15, 0.2) is 53.4 Å². The Labute approximate surface area is 118 Å². The summed E-state index contributed by atoms with van der Waals surface area (Å²) in [6, 6.07) is 13.5. The topological polar surface area (TPSA) is 37.4 Å². The third-order valence-electron chi connectivity index (χ3n) is 2.91. The smallest absolute Gasteiger partial charge is 0.264 e. The molecular formula is C14H14ClNO2S. The first-order chi connectivity index (χ1) is 8.93. The fourth-order valence-corrected chi connectivity index (χ4v) is 3.24. The number of halogens is 1. The minimum absolute atomic E-state index is 0.261.